The van der Waals surface area contributed by atoms with Crippen molar-refractivity contribution in [3.05, 3.63) is 64.0 Å². The van der Waals surface area contributed by atoms with Crippen LogP contribution in [0.5, 0.6) is 0 Å². The third kappa shape index (κ3) is 2.39. The molecule has 0 aliphatic carbocycles. The summed E-state index contributed by atoms with van der Waals surface area (Å²) >= 11 is 3.43. The average Bonchev–Trinajstić information content (AvgIpc) is 2.84. The highest BCUT2D eigenvalue weighted by molar-refractivity contribution is 9.10. The van der Waals surface area contributed by atoms with Crippen LogP contribution in [0.3, 0.4) is 0 Å². The number of benzene rings is 1. The maximum atomic E-state index is 5.71. The predicted octanol–water partition coefficient (Wildman–Crippen LogP) is 2.54. The first-order valence-electron chi connectivity index (χ1n) is 6.04. The van der Waals surface area contributed by atoms with Crippen molar-refractivity contribution >= 4 is 21.6 Å². The Morgan fingerprint density at radius 3 is 2.63 bits per heavy atom. The van der Waals surface area contributed by atoms with Crippen molar-refractivity contribution in [1.82, 2.24) is 14.6 Å². The highest BCUT2D eigenvalue weighted by Gasteiger charge is 2.08. The minimum absolute atomic E-state index is 0.473. The van der Waals surface area contributed by atoms with Gasteiger partial charge in [-0.05, 0) is 23.8 Å². The first kappa shape index (κ1) is 12.3. The van der Waals surface area contributed by atoms with Crippen molar-refractivity contribution < 1.29 is 0 Å². The lowest BCUT2D eigenvalue weighted by molar-refractivity contribution is 0.932. The quantitative estimate of drug-likeness (QED) is 0.808. The van der Waals surface area contributed by atoms with E-state index in [1.165, 1.54) is 5.56 Å². The number of hydrogen-bond acceptors (Lipinski definition) is 3. The molecular weight excluding hydrogens is 304 g/mol. The van der Waals surface area contributed by atoms with Gasteiger partial charge in [-0.3, -0.25) is 4.40 Å². The number of rotatable bonds is 3. The molecule has 0 aliphatic heterocycles. The van der Waals surface area contributed by atoms with Crippen molar-refractivity contribution in [2.75, 3.05) is 0 Å². The van der Waals surface area contributed by atoms with Crippen molar-refractivity contribution in [3.8, 4) is 0 Å². The highest BCUT2D eigenvalue weighted by atomic mass is 79.9. The molecule has 0 unspecified atom stereocenters. The first-order valence-corrected chi connectivity index (χ1v) is 6.83. The molecule has 96 valence electrons. The van der Waals surface area contributed by atoms with E-state index >= 15 is 0 Å². The molecule has 0 spiro atoms. The smallest absolute Gasteiger partial charge is 0.165 e. The van der Waals surface area contributed by atoms with Gasteiger partial charge in [0.05, 0.1) is 0 Å². The fourth-order valence-corrected chi connectivity index (χ4v) is 2.35. The van der Waals surface area contributed by atoms with Gasteiger partial charge < -0.3 is 5.73 Å². The molecule has 3 rings (SSSR count). The zero-order valence-electron chi connectivity index (χ0n) is 10.3. The standard InChI is InChI=1S/C14H13BrN4/c15-12-5-3-10(4-6-12)8-13-17-18-14-11(9-16)2-1-7-19(13)14/h1-7H,8-9,16H2. The van der Waals surface area contributed by atoms with Crippen LogP contribution in [0.2, 0.25) is 0 Å². The maximum absolute atomic E-state index is 5.71. The molecule has 4 nitrogen and oxygen atoms in total. The van der Waals surface area contributed by atoms with Crippen LogP contribution in [0.15, 0.2) is 47.1 Å². The van der Waals surface area contributed by atoms with Gasteiger partial charge in [-0.1, -0.05) is 34.1 Å². The third-order valence-corrected chi connectivity index (χ3v) is 3.61. The van der Waals surface area contributed by atoms with Crippen LogP contribution in [-0.2, 0) is 13.0 Å². The Kier molecular flexibility index (Phi) is 3.31. The zero-order chi connectivity index (χ0) is 13.2. The van der Waals surface area contributed by atoms with Gasteiger partial charge in [0.1, 0.15) is 5.82 Å². The number of aromatic nitrogens is 3. The molecule has 0 atom stereocenters. The summed E-state index contributed by atoms with van der Waals surface area (Å²) < 4.78 is 3.08. The second-order valence-corrected chi connectivity index (χ2v) is 5.27. The van der Waals surface area contributed by atoms with Crippen LogP contribution in [0.1, 0.15) is 17.0 Å². The summed E-state index contributed by atoms with van der Waals surface area (Å²) in [5.74, 6) is 0.924. The SMILES string of the molecule is NCc1cccn2c(Cc3ccc(Br)cc3)nnc12. The van der Waals surface area contributed by atoms with Crippen LogP contribution < -0.4 is 5.73 Å². The largest absolute Gasteiger partial charge is 0.326 e. The number of hydrogen-bond donors (Lipinski definition) is 1. The molecule has 0 amide bonds. The fraction of sp³-hybridized carbons (Fsp3) is 0.143. The summed E-state index contributed by atoms with van der Waals surface area (Å²) in [7, 11) is 0. The van der Waals surface area contributed by atoms with Gasteiger partial charge in [0, 0.05) is 29.2 Å². The average molecular weight is 317 g/mol. The minimum atomic E-state index is 0.473. The topological polar surface area (TPSA) is 56.2 Å². The van der Waals surface area contributed by atoms with Crippen LogP contribution in [0.25, 0.3) is 5.65 Å². The molecule has 0 saturated carbocycles. The highest BCUT2D eigenvalue weighted by Crippen LogP contribution is 2.15. The number of nitrogens with two attached hydrogens (primary N) is 1. The van der Waals surface area contributed by atoms with Gasteiger partial charge in [-0.2, -0.15) is 0 Å². The summed E-state index contributed by atoms with van der Waals surface area (Å²) in [5.41, 5.74) is 8.77. The van der Waals surface area contributed by atoms with Crippen molar-refractivity contribution in [2.24, 2.45) is 5.73 Å². The summed E-state index contributed by atoms with van der Waals surface area (Å²) in [4.78, 5) is 0. The summed E-state index contributed by atoms with van der Waals surface area (Å²) in [5, 5.41) is 8.49. The first-order chi connectivity index (χ1) is 9.28. The Balaban J connectivity index is 1.99. The Morgan fingerprint density at radius 2 is 1.89 bits per heavy atom. The predicted molar refractivity (Wildman–Crippen MR) is 77.8 cm³/mol. The molecule has 2 aromatic heterocycles. The van der Waals surface area contributed by atoms with E-state index in [9.17, 15) is 0 Å². The van der Waals surface area contributed by atoms with E-state index in [1.54, 1.807) is 0 Å². The van der Waals surface area contributed by atoms with Crippen LogP contribution in [0.4, 0.5) is 0 Å². The molecule has 0 saturated heterocycles. The van der Waals surface area contributed by atoms with E-state index in [-0.39, 0.29) is 0 Å². The Bertz CT molecular complexity index is 703. The second kappa shape index (κ2) is 5.11. The molecular formula is C14H13BrN4. The van der Waals surface area contributed by atoms with Gasteiger partial charge in [0.15, 0.2) is 5.65 Å². The molecule has 0 fully saturated rings. The number of fused-ring (bicyclic) bond motifs is 1. The molecule has 5 heteroatoms. The molecule has 19 heavy (non-hydrogen) atoms. The lowest BCUT2D eigenvalue weighted by atomic mass is 10.1. The lowest BCUT2D eigenvalue weighted by Gasteiger charge is -2.02. The number of pyridine rings is 1. The van der Waals surface area contributed by atoms with Crippen molar-refractivity contribution in [1.29, 1.82) is 0 Å². The van der Waals surface area contributed by atoms with Crippen LogP contribution in [-0.4, -0.2) is 14.6 Å². The Labute approximate surface area is 119 Å². The van der Waals surface area contributed by atoms with Crippen molar-refractivity contribution in [2.45, 2.75) is 13.0 Å². The third-order valence-electron chi connectivity index (χ3n) is 3.08. The second-order valence-electron chi connectivity index (χ2n) is 4.35. The zero-order valence-corrected chi connectivity index (χ0v) is 11.8. The van der Waals surface area contributed by atoms with Gasteiger partial charge in [0.2, 0.25) is 0 Å². The fourth-order valence-electron chi connectivity index (χ4n) is 2.08. The summed E-state index contributed by atoms with van der Waals surface area (Å²) in [6, 6.07) is 12.2. The summed E-state index contributed by atoms with van der Waals surface area (Å²) in [6.45, 7) is 0.473. The van der Waals surface area contributed by atoms with Crippen LogP contribution >= 0.6 is 15.9 Å². The van der Waals surface area contributed by atoms with E-state index in [1.807, 2.05) is 34.9 Å². The van der Waals surface area contributed by atoms with Crippen LogP contribution in [0, 0.1) is 0 Å². The van der Waals surface area contributed by atoms with E-state index < -0.39 is 0 Å². The molecule has 1 aromatic carbocycles. The monoisotopic (exact) mass is 316 g/mol. The normalized spacial score (nSPS) is 11.1. The molecule has 2 heterocycles. The molecule has 0 radical (unpaired) electrons. The van der Waals surface area contributed by atoms with Gasteiger partial charge in [0.25, 0.3) is 0 Å². The molecule has 0 aliphatic rings. The van der Waals surface area contributed by atoms with Crippen molar-refractivity contribution in [3.63, 3.8) is 0 Å². The molecule has 2 N–H and O–H groups in total. The van der Waals surface area contributed by atoms with E-state index in [2.05, 4.69) is 38.3 Å². The van der Waals surface area contributed by atoms with Gasteiger partial charge in [-0.15, -0.1) is 10.2 Å². The molecule has 0 bridgehead atoms. The number of nitrogens with zero attached hydrogens (tertiary/aromatic N) is 3. The minimum Gasteiger partial charge on any atom is -0.326 e. The Morgan fingerprint density at radius 1 is 1.11 bits per heavy atom. The lowest BCUT2D eigenvalue weighted by Crippen LogP contribution is -2.01. The summed E-state index contributed by atoms with van der Waals surface area (Å²) in [6.07, 6.45) is 2.73. The van der Waals surface area contributed by atoms with E-state index in [0.717, 1.165) is 27.9 Å². The van der Waals surface area contributed by atoms with Gasteiger partial charge in [-0.25, -0.2) is 0 Å². The Hall–Kier alpha value is -1.72. The molecule has 3 aromatic rings. The van der Waals surface area contributed by atoms with E-state index in [4.69, 9.17) is 5.73 Å². The number of halogens is 1. The maximum Gasteiger partial charge on any atom is 0.165 e. The van der Waals surface area contributed by atoms with Gasteiger partial charge >= 0.3 is 0 Å². The van der Waals surface area contributed by atoms with E-state index in [0.29, 0.717) is 6.54 Å².